The van der Waals surface area contributed by atoms with E-state index in [1.807, 2.05) is 18.2 Å². The summed E-state index contributed by atoms with van der Waals surface area (Å²) in [7, 11) is -3.09. The van der Waals surface area contributed by atoms with Gasteiger partial charge >= 0.3 is 0 Å². The highest BCUT2D eigenvalue weighted by Crippen LogP contribution is 2.60. The average Bonchev–Trinajstić information content (AvgIpc) is 2.64. The van der Waals surface area contributed by atoms with Crippen molar-refractivity contribution in [3.8, 4) is 0 Å². The average molecular weight is 461 g/mol. The monoisotopic (exact) mass is 460 g/mol. The van der Waals surface area contributed by atoms with Crippen molar-refractivity contribution >= 4 is 38.9 Å². The molecular weight excluding hydrogens is 432 g/mol. The Balaban J connectivity index is 1.33. The van der Waals surface area contributed by atoms with Crippen LogP contribution in [0.1, 0.15) is 44.6 Å². The minimum Gasteiger partial charge on any atom is -0.365 e. The molecule has 0 amide bonds. The van der Waals surface area contributed by atoms with Crippen LogP contribution in [0.2, 0.25) is 5.02 Å². The van der Waals surface area contributed by atoms with Crippen molar-refractivity contribution in [1.82, 2.24) is 9.97 Å². The predicted octanol–water partition coefficient (Wildman–Crippen LogP) is 5.04. The molecule has 4 aliphatic carbocycles. The minimum absolute atomic E-state index is 0.00116. The Morgan fingerprint density at radius 2 is 1.94 bits per heavy atom. The van der Waals surface area contributed by atoms with Crippen LogP contribution in [-0.4, -0.2) is 30.7 Å². The largest absolute Gasteiger partial charge is 0.365 e. The first kappa shape index (κ1) is 21.0. The van der Waals surface area contributed by atoms with Gasteiger partial charge < -0.3 is 10.6 Å². The molecule has 4 fully saturated rings. The number of halogens is 1. The van der Waals surface area contributed by atoms with E-state index in [1.54, 1.807) is 12.3 Å². The van der Waals surface area contributed by atoms with Gasteiger partial charge in [-0.2, -0.15) is 4.98 Å². The maximum atomic E-state index is 11.6. The molecule has 8 heteroatoms. The van der Waals surface area contributed by atoms with Gasteiger partial charge in [-0.05, 0) is 73.0 Å². The number of sulfone groups is 1. The Morgan fingerprint density at radius 1 is 1.19 bits per heavy atom. The van der Waals surface area contributed by atoms with E-state index in [2.05, 4.69) is 27.5 Å². The molecule has 31 heavy (non-hydrogen) atoms. The lowest BCUT2D eigenvalue weighted by molar-refractivity contribution is -0.0505. The number of benzene rings is 1. The smallest absolute Gasteiger partial charge is 0.229 e. The fourth-order valence-corrected chi connectivity index (χ4v) is 7.45. The number of hydrogen-bond acceptors (Lipinski definition) is 6. The molecule has 4 aliphatic rings. The van der Waals surface area contributed by atoms with Gasteiger partial charge in [0.15, 0.2) is 15.7 Å². The molecule has 4 saturated carbocycles. The van der Waals surface area contributed by atoms with Gasteiger partial charge in [0.1, 0.15) is 5.02 Å². The highest BCUT2D eigenvalue weighted by Gasteiger charge is 2.53. The van der Waals surface area contributed by atoms with E-state index in [1.165, 1.54) is 38.4 Å². The number of aromatic nitrogens is 2. The second-order valence-electron chi connectivity index (χ2n) is 10.2. The summed E-state index contributed by atoms with van der Waals surface area (Å²) in [5, 5.41) is 7.39. The van der Waals surface area contributed by atoms with Crippen LogP contribution in [0.5, 0.6) is 0 Å². The molecule has 0 radical (unpaired) electrons. The van der Waals surface area contributed by atoms with Crippen molar-refractivity contribution in [2.45, 2.75) is 50.8 Å². The molecule has 2 N–H and O–H groups in total. The molecule has 4 bridgehead atoms. The highest BCUT2D eigenvalue weighted by molar-refractivity contribution is 7.89. The molecule has 1 heterocycles. The second kappa shape index (κ2) is 7.62. The maximum absolute atomic E-state index is 11.6. The van der Waals surface area contributed by atoms with Crippen LogP contribution in [0, 0.1) is 23.2 Å². The first-order valence-corrected chi connectivity index (χ1v) is 13.4. The Kier molecular flexibility index (Phi) is 5.17. The summed E-state index contributed by atoms with van der Waals surface area (Å²) >= 11 is 6.46. The Hall–Kier alpha value is -1.86. The van der Waals surface area contributed by atoms with E-state index in [9.17, 15) is 8.42 Å². The molecule has 2 aromatic rings. The molecule has 1 aromatic carbocycles. The normalized spacial score (nSPS) is 31.6. The van der Waals surface area contributed by atoms with Gasteiger partial charge in [0.2, 0.25) is 5.95 Å². The van der Waals surface area contributed by atoms with Gasteiger partial charge in [-0.25, -0.2) is 13.4 Å². The number of anilines is 3. The van der Waals surface area contributed by atoms with Crippen LogP contribution >= 0.6 is 11.6 Å². The third kappa shape index (κ3) is 4.53. The van der Waals surface area contributed by atoms with Crippen LogP contribution in [0.3, 0.4) is 0 Å². The minimum atomic E-state index is -3.09. The van der Waals surface area contributed by atoms with Crippen LogP contribution in [-0.2, 0) is 15.6 Å². The zero-order chi connectivity index (χ0) is 21.8. The fraction of sp³-hybridized carbons (Fsp3) is 0.565. The Morgan fingerprint density at radius 3 is 2.61 bits per heavy atom. The molecule has 6 nitrogen and oxygen atoms in total. The van der Waals surface area contributed by atoms with Crippen molar-refractivity contribution < 1.29 is 8.42 Å². The van der Waals surface area contributed by atoms with E-state index < -0.39 is 9.84 Å². The molecule has 166 valence electrons. The quantitative estimate of drug-likeness (QED) is 0.627. The zero-order valence-electron chi connectivity index (χ0n) is 17.9. The van der Waals surface area contributed by atoms with Gasteiger partial charge in [0, 0.05) is 18.0 Å². The lowest BCUT2D eigenvalue weighted by atomic mass is 9.48. The first-order valence-electron chi connectivity index (χ1n) is 11.0. The van der Waals surface area contributed by atoms with E-state index >= 15 is 0 Å². The summed E-state index contributed by atoms with van der Waals surface area (Å²) in [6.45, 7) is 2.46. The van der Waals surface area contributed by atoms with Crippen molar-refractivity contribution in [3.05, 3.63) is 41.0 Å². The highest BCUT2D eigenvalue weighted by atomic mass is 35.5. The van der Waals surface area contributed by atoms with Crippen LogP contribution in [0.25, 0.3) is 0 Å². The third-order valence-corrected chi connectivity index (χ3v) is 8.37. The van der Waals surface area contributed by atoms with E-state index in [0.29, 0.717) is 40.1 Å². The SMILES string of the molecule is CS(=O)(=O)Cc1cccc(Nc2ncc(Cl)c(N[C@H]3C4CC5CC3C[C@](C)(C5)C4)n2)c1. The van der Waals surface area contributed by atoms with Crippen molar-refractivity contribution in [3.63, 3.8) is 0 Å². The molecule has 0 spiro atoms. The molecule has 2 unspecified atom stereocenters. The van der Waals surface area contributed by atoms with Gasteiger partial charge in [0.05, 0.1) is 11.9 Å². The lowest BCUT2D eigenvalue weighted by Crippen LogP contribution is -2.55. The van der Waals surface area contributed by atoms with Crippen LogP contribution in [0.15, 0.2) is 30.5 Å². The molecule has 0 saturated heterocycles. The topological polar surface area (TPSA) is 84.0 Å². The number of nitrogens with one attached hydrogen (secondary N) is 2. The summed E-state index contributed by atoms with van der Waals surface area (Å²) in [5.41, 5.74) is 1.99. The number of hydrogen-bond donors (Lipinski definition) is 2. The Bertz CT molecular complexity index is 1090. The second-order valence-corrected chi connectivity index (χ2v) is 12.8. The van der Waals surface area contributed by atoms with Gasteiger partial charge in [0.25, 0.3) is 0 Å². The zero-order valence-corrected chi connectivity index (χ0v) is 19.5. The first-order chi connectivity index (χ1) is 14.7. The summed E-state index contributed by atoms with van der Waals surface area (Å²) in [4.78, 5) is 8.98. The molecule has 0 aliphatic heterocycles. The lowest BCUT2D eigenvalue weighted by Gasteiger charge is -2.59. The van der Waals surface area contributed by atoms with E-state index in [4.69, 9.17) is 11.6 Å². The summed E-state index contributed by atoms with van der Waals surface area (Å²) in [6.07, 6.45) is 9.45. The summed E-state index contributed by atoms with van der Waals surface area (Å²) in [6, 6.07) is 7.73. The number of rotatable bonds is 6. The van der Waals surface area contributed by atoms with Crippen LogP contribution in [0.4, 0.5) is 17.5 Å². The molecular formula is C23H29ClN4O2S. The van der Waals surface area contributed by atoms with E-state index in [0.717, 1.165) is 17.2 Å². The summed E-state index contributed by atoms with van der Waals surface area (Å²) < 4.78 is 23.2. The van der Waals surface area contributed by atoms with E-state index in [-0.39, 0.29) is 5.75 Å². The van der Waals surface area contributed by atoms with Gasteiger partial charge in [-0.3, -0.25) is 0 Å². The predicted molar refractivity (Wildman–Crippen MR) is 124 cm³/mol. The van der Waals surface area contributed by atoms with Crippen LogP contribution < -0.4 is 10.6 Å². The van der Waals surface area contributed by atoms with Crippen molar-refractivity contribution in [2.24, 2.45) is 23.2 Å². The van der Waals surface area contributed by atoms with Gasteiger partial charge in [-0.15, -0.1) is 0 Å². The van der Waals surface area contributed by atoms with Crippen molar-refractivity contribution in [1.29, 1.82) is 0 Å². The fourth-order valence-electron chi connectivity index (χ4n) is 6.52. The number of nitrogens with zero attached hydrogens (tertiary/aromatic N) is 2. The summed E-state index contributed by atoms with van der Waals surface area (Å²) in [5.74, 6) is 3.38. The van der Waals surface area contributed by atoms with Gasteiger partial charge in [-0.1, -0.05) is 30.7 Å². The standard InChI is InChI=1S/C23H29ClN4O2S/c1-23-9-15-6-16(10-23)20(17(7-15)11-23)27-21-19(24)12-25-22(28-21)26-18-5-3-4-14(8-18)13-31(2,29)30/h3-5,8,12,15-17,20H,6-7,9-11,13H2,1-2H3,(H2,25,26,27,28)/t15?,16?,17?,20-,23+. The molecule has 1 aromatic heterocycles. The van der Waals surface area contributed by atoms with Crippen molar-refractivity contribution in [2.75, 3.05) is 16.9 Å². The maximum Gasteiger partial charge on any atom is 0.229 e. The molecule has 2 atom stereocenters. The third-order valence-electron chi connectivity index (χ3n) is 7.24. The Labute approximate surface area is 189 Å². The molecule has 6 rings (SSSR count).